The number of rotatable bonds is 6. The zero-order chi connectivity index (χ0) is 35.7. The number of hydrogen-bond donors (Lipinski definition) is 0. The molecule has 6 aromatic carbocycles. The van der Waals surface area contributed by atoms with Crippen molar-refractivity contribution in [3.63, 3.8) is 0 Å². The highest BCUT2D eigenvalue weighted by atomic mass is 16.4. The van der Waals surface area contributed by atoms with E-state index in [4.69, 9.17) is 21.5 Å². The number of benzene rings is 6. The average Bonchev–Trinajstić information content (AvgIpc) is 3.92. The molecule has 0 radical (unpaired) electrons. The zero-order valence-electron chi connectivity index (χ0n) is 29.9. The fourth-order valence-electron chi connectivity index (χ4n) is 5.38. The van der Waals surface area contributed by atoms with E-state index in [1.807, 2.05) is 97.1 Å². The lowest BCUT2D eigenvalue weighted by molar-refractivity contribution is 0.619. The van der Waals surface area contributed by atoms with Gasteiger partial charge in [-0.1, -0.05) is 36.3 Å². The van der Waals surface area contributed by atoms with E-state index >= 15 is 0 Å². The number of aromatic nitrogens is 3. The van der Waals surface area contributed by atoms with Gasteiger partial charge in [0.05, 0.1) is 8.22 Å². The second kappa shape index (κ2) is 10.6. The van der Waals surface area contributed by atoms with Crippen LogP contribution in [0.2, 0.25) is 0 Å². The molecule has 0 saturated carbocycles. The molecule has 0 unspecified atom stereocenters. The number of fused-ring (bicyclic) bond motifs is 3. The van der Waals surface area contributed by atoms with Crippen LogP contribution in [0, 0.1) is 0 Å². The van der Waals surface area contributed by atoms with E-state index in [0.717, 1.165) is 33.7 Å². The van der Waals surface area contributed by atoms with Crippen LogP contribution in [0.1, 0.15) is 8.22 Å². The summed E-state index contributed by atoms with van der Waals surface area (Å²) in [5.74, 6) is 1.08. The van der Waals surface area contributed by atoms with Crippen LogP contribution in [0.15, 0.2) is 159 Å². The Morgan fingerprint density at radius 1 is 0.413 bits per heavy atom. The van der Waals surface area contributed by atoms with Crippen molar-refractivity contribution in [3.05, 3.63) is 145 Å². The third kappa shape index (κ3) is 4.58. The van der Waals surface area contributed by atoms with Gasteiger partial charge in [0.15, 0.2) is 16.7 Å². The summed E-state index contributed by atoms with van der Waals surface area (Å²) >= 11 is 0. The minimum absolute atomic E-state index is 0.00466. The van der Waals surface area contributed by atoms with Gasteiger partial charge in [-0.25, -0.2) is 15.0 Å². The van der Waals surface area contributed by atoms with Gasteiger partial charge in [-0.05, 0) is 109 Å². The molecule has 0 atom stereocenters. The van der Waals surface area contributed by atoms with Gasteiger partial charge < -0.3 is 18.2 Å². The summed E-state index contributed by atoms with van der Waals surface area (Å²) in [5.41, 5.74) is 7.14. The molecule has 218 valence electrons. The van der Waals surface area contributed by atoms with Crippen molar-refractivity contribution < 1.29 is 21.5 Å². The maximum Gasteiger partial charge on any atom is 0.227 e. The van der Waals surface area contributed by atoms with E-state index in [0.29, 0.717) is 34.0 Å². The molecule has 0 bridgehead atoms. The second-order valence-corrected chi connectivity index (χ2v) is 10.5. The van der Waals surface area contributed by atoms with Gasteiger partial charge in [0.1, 0.15) is 16.6 Å². The Kier molecular flexibility index (Phi) is 4.72. The summed E-state index contributed by atoms with van der Waals surface area (Å²) in [4.78, 5) is 15.7. The predicted octanol–water partition coefficient (Wildman–Crippen LogP) is 10.6. The highest BCUT2D eigenvalue weighted by Gasteiger charge is 2.17. The van der Waals surface area contributed by atoms with Crippen molar-refractivity contribution in [2.24, 2.45) is 0 Å². The van der Waals surface area contributed by atoms with Crippen molar-refractivity contribution >= 4 is 50.4 Å². The normalized spacial score (nSPS) is 13.3. The van der Waals surface area contributed by atoms with Crippen LogP contribution in [0.3, 0.4) is 0 Å². The third-order valence-corrected chi connectivity index (χ3v) is 7.63. The highest BCUT2D eigenvalue weighted by Crippen LogP contribution is 2.38. The van der Waals surface area contributed by atoms with Gasteiger partial charge in [-0.3, -0.25) is 0 Å². The fourth-order valence-corrected chi connectivity index (χ4v) is 5.38. The maximum absolute atomic E-state index is 8.24. The average molecular weight is 603 g/mol. The SMILES string of the molecule is [2H]c1cc2nc(-c3ccc(N(c4ccc(-c5nc6ccccc6o5)cc4)c4ccc(-c5nc6c([2H])c([2H])c([2H])c([2H])c6o5)cc4)cc3)oc2cc1[2H]. The first kappa shape index (κ1) is 20.5. The van der Waals surface area contributed by atoms with E-state index < -0.39 is 0 Å². The molecule has 0 fully saturated rings. The summed E-state index contributed by atoms with van der Waals surface area (Å²) in [5, 5.41) is 0. The number of para-hydroxylation sites is 6. The van der Waals surface area contributed by atoms with E-state index in [1.165, 1.54) is 12.1 Å². The molecule has 9 aromatic rings. The van der Waals surface area contributed by atoms with Gasteiger partial charge in [0, 0.05) is 33.8 Å². The van der Waals surface area contributed by atoms with Gasteiger partial charge in [0.25, 0.3) is 0 Å². The minimum atomic E-state index is -0.376. The highest BCUT2D eigenvalue weighted by molar-refractivity contribution is 5.82. The molecule has 9 rings (SSSR count). The summed E-state index contributed by atoms with van der Waals surface area (Å²) in [7, 11) is 0. The molecule has 7 heteroatoms. The maximum atomic E-state index is 8.24. The second-order valence-electron chi connectivity index (χ2n) is 10.5. The van der Waals surface area contributed by atoms with Gasteiger partial charge in [0.2, 0.25) is 17.7 Å². The lowest BCUT2D eigenvalue weighted by Gasteiger charge is -2.26. The van der Waals surface area contributed by atoms with Crippen molar-refractivity contribution in [2.75, 3.05) is 4.90 Å². The van der Waals surface area contributed by atoms with Gasteiger partial charge >= 0.3 is 0 Å². The Balaban J connectivity index is 1.10. The van der Waals surface area contributed by atoms with E-state index in [1.54, 1.807) is 0 Å². The Morgan fingerprint density at radius 2 is 0.870 bits per heavy atom. The van der Waals surface area contributed by atoms with Crippen molar-refractivity contribution in [3.8, 4) is 34.4 Å². The first-order valence-corrected chi connectivity index (χ1v) is 14.4. The molecule has 0 spiro atoms. The van der Waals surface area contributed by atoms with Crippen molar-refractivity contribution in [2.45, 2.75) is 0 Å². The molecule has 3 aromatic heterocycles. The first-order chi connectivity index (χ1) is 25.2. The standard InChI is InChI=1S/C39H24N4O3/c1-4-10-34-31(7-1)40-37(44-34)25-13-19-28(20-14-25)43(29-21-15-26(16-22-29)38-41-32-8-2-5-11-35(32)45-38)30-23-17-27(18-24-30)39-42-33-9-3-6-12-36(33)46-39/h1-24H/i1D,2D,4D,5D,7D,10D. The summed E-state index contributed by atoms with van der Waals surface area (Å²) in [6.45, 7) is 0. The molecule has 0 aliphatic carbocycles. The van der Waals surface area contributed by atoms with E-state index in [-0.39, 0.29) is 53.2 Å². The Labute approximate surface area is 271 Å². The summed E-state index contributed by atoms with van der Waals surface area (Å²) in [6, 6.07) is 32.5. The molecule has 7 nitrogen and oxygen atoms in total. The molecule has 0 N–H and O–H groups in total. The quantitative estimate of drug-likeness (QED) is 0.187. The molecule has 0 aliphatic rings. The number of nitrogens with zero attached hydrogens (tertiary/aromatic N) is 4. The lowest BCUT2D eigenvalue weighted by atomic mass is 10.1. The summed E-state index contributed by atoms with van der Waals surface area (Å²) < 4.78 is 66.1. The topological polar surface area (TPSA) is 81.3 Å². The largest absolute Gasteiger partial charge is 0.436 e. The molecule has 0 aliphatic heterocycles. The Hall–Kier alpha value is -6.47. The lowest BCUT2D eigenvalue weighted by Crippen LogP contribution is -2.09. The van der Waals surface area contributed by atoms with Crippen LogP contribution in [-0.2, 0) is 0 Å². The van der Waals surface area contributed by atoms with Crippen LogP contribution in [0.4, 0.5) is 17.1 Å². The van der Waals surface area contributed by atoms with Crippen molar-refractivity contribution in [1.82, 2.24) is 15.0 Å². The van der Waals surface area contributed by atoms with Crippen LogP contribution < -0.4 is 4.90 Å². The van der Waals surface area contributed by atoms with Gasteiger partial charge in [-0.2, -0.15) is 0 Å². The molecule has 0 amide bonds. The first-order valence-electron chi connectivity index (χ1n) is 17.4. The molecular weight excluding hydrogens is 572 g/mol. The van der Waals surface area contributed by atoms with E-state index in [2.05, 4.69) is 19.9 Å². The smallest absolute Gasteiger partial charge is 0.227 e. The number of hydrogen-bond acceptors (Lipinski definition) is 7. The fraction of sp³-hybridized carbons (Fsp3) is 0. The molecule has 0 saturated heterocycles. The number of anilines is 3. The monoisotopic (exact) mass is 602 g/mol. The minimum Gasteiger partial charge on any atom is -0.436 e. The third-order valence-electron chi connectivity index (χ3n) is 7.63. The van der Waals surface area contributed by atoms with Crippen LogP contribution in [-0.4, -0.2) is 15.0 Å². The van der Waals surface area contributed by atoms with Crippen LogP contribution in [0.5, 0.6) is 0 Å². The summed E-state index contributed by atoms with van der Waals surface area (Å²) in [6.07, 6.45) is 0. The molecular formula is C39H24N4O3. The van der Waals surface area contributed by atoms with Gasteiger partial charge in [-0.15, -0.1) is 0 Å². The Morgan fingerprint density at radius 3 is 1.46 bits per heavy atom. The van der Waals surface area contributed by atoms with Crippen LogP contribution in [0.25, 0.3) is 67.7 Å². The predicted molar refractivity (Wildman–Crippen MR) is 180 cm³/mol. The molecule has 46 heavy (non-hydrogen) atoms. The van der Waals surface area contributed by atoms with Crippen LogP contribution >= 0.6 is 0 Å². The number of oxazole rings is 3. The zero-order valence-corrected chi connectivity index (χ0v) is 23.9. The Bertz CT molecular complexity index is 2700. The van der Waals surface area contributed by atoms with Crippen molar-refractivity contribution in [1.29, 1.82) is 0 Å². The molecule has 3 heterocycles. The van der Waals surface area contributed by atoms with E-state index in [9.17, 15) is 0 Å².